The third-order valence-corrected chi connectivity index (χ3v) is 6.35. The maximum absolute atomic E-state index is 5.67. The molecule has 1 aromatic rings. The van der Waals surface area contributed by atoms with Crippen LogP contribution in [0.15, 0.2) is 35.3 Å². The minimum absolute atomic E-state index is 0.366. The van der Waals surface area contributed by atoms with Crippen LogP contribution in [0.1, 0.15) is 37.3 Å². The van der Waals surface area contributed by atoms with E-state index in [1.165, 1.54) is 44.3 Å². The summed E-state index contributed by atoms with van der Waals surface area (Å²) < 4.78 is 5.67. The molecule has 5 heteroatoms. The number of guanidine groups is 1. The second-order valence-electron chi connectivity index (χ2n) is 8.07. The summed E-state index contributed by atoms with van der Waals surface area (Å²) in [4.78, 5) is 9.64. The van der Waals surface area contributed by atoms with Gasteiger partial charge in [0.05, 0.1) is 12.6 Å². The van der Waals surface area contributed by atoms with Crippen molar-refractivity contribution in [3.63, 3.8) is 0 Å². The number of benzene rings is 1. The van der Waals surface area contributed by atoms with E-state index in [0.29, 0.717) is 11.5 Å². The van der Waals surface area contributed by atoms with Gasteiger partial charge in [-0.15, -0.1) is 0 Å². The number of ether oxygens (including phenoxy) is 1. The summed E-state index contributed by atoms with van der Waals surface area (Å²) in [6, 6.07) is 11.3. The van der Waals surface area contributed by atoms with Crippen molar-refractivity contribution in [1.29, 1.82) is 0 Å². The molecule has 0 amide bonds. The lowest BCUT2D eigenvalue weighted by molar-refractivity contribution is 0.156. The fourth-order valence-electron chi connectivity index (χ4n) is 4.79. The van der Waals surface area contributed by atoms with Crippen LogP contribution in [0.4, 0.5) is 0 Å². The van der Waals surface area contributed by atoms with Gasteiger partial charge in [-0.3, -0.25) is 9.89 Å². The highest BCUT2D eigenvalue weighted by Crippen LogP contribution is 2.38. The smallest absolute Gasteiger partial charge is 0.193 e. The standard InChI is InChI=1S/C21H32N4O/c1-22-20(25-13-9-21(16-25)10-14-26-17-21)23-15-19(24-11-5-6-12-24)18-7-3-2-4-8-18/h2-4,7-8,19H,5-6,9-17H2,1H3,(H,22,23). The summed E-state index contributed by atoms with van der Waals surface area (Å²) in [6.45, 7) is 7.31. The second kappa shape index (κ2) is 7.97. The SMILES string of the molecule is CN=C(NCC(c1ccccc1)N1CCCC1)N1CCC2(CCOC2)C1. The lowest BCUT2D eigenvalue weighted by atomic mass is 9.87. The number of likely N-dealkylation sites (tertiary alicyclic amines) is 2. The summed E-state index contributed by atoms with van der Waals surface area (Å²) in [7, 11) is 1.91. The van der Waals surface area contributed by atoms with E-state index in [-0.39, 0.29) is 0 Å². The van der Waals surface area contributed by atoms with Crippen LogP contribution in [0.2, 0.25) is 0 Å². The average molecular weight is 357 g/mol. The molecular formula is C21H32N4O. The molecule has 3 fully saturated rings. The van der Waals surface area contributed by atoms with Crippen LogP contribution in [0, 0.1) is 5.41 Å². The van der Waals surface area contributed by atoms with Crippen LogP contribution in [0.25, 0.3) is 0 Å². The fraction of sp³-hybridized carbons (Fsp3) is 0.667. The molecule has 0 aromatic heterocycles. The molecule has 0 aliphatic carbocycles. The lowest BCUT2D eigenvalue weighted by Crippen LogP contribution is -2.45. The van der Waals surface area contributed by atoms with Gasteiger partial charge in [-0.1, -0.05) is 30.3 Å². The van der Waals surface area contributed by atoms with E-state index in [0.717, 1.165) is 38.8 Å². The zero-order valence-corrected chi connectivity index (χ0v) is 16.0. The number of aliphatic imine (C=N–C) groups is 1. The second-order valence-corrected chi connectivity index (χ2v) is 8.07. The number of nitrogens with one attached hydrogen (secondary N) is 1. The molecule has 3 saturated heterocycles. The predicted molar refractivity (Wildman–Crippen MR) is 105 cm³/mol. The van der Waals surface area contributed by atoms with Crippen LogP contribution in [-0.2, 0) is 4.74 Å². The third-order valence-electron chi connectivity index (χ3n) is 6.35. The fourth-order valence-corrected chi connectivity index (χ4v) is 4.79. The molecule has 4 rings (SSSR count). The van der Waals surface area contributed by atoms with Gasteiger partial charge in [-0.05, 0) is 44.3 Å². The van der Waals surface area contributed by atoms with Crippen molar-refractivity contribution in [2.45, 2.75) is 31.7 Å². The Labute approximate surface area is 157 Å². The first-order chi connectivity index (χ1) is 12.8. The van der Waals surface area contributed by atoms with E-state index in [4.69, 9.17) is 4.74 Å². The minimum Gasteiger partial charge on any atom is -0.381 e. The molecule has 3 aliphatic rings. The van der Waals surface area contributed by atoms with E-state index in [9.17, 15) is 0 Å². The molecule has 1 spiro atoms. The molecule has 3 heterocycles. The molecule has 142 valence electrons. The van der Waals surface area contributed by atoms with Crippen LogP contribution in [-0.4, -0.2) is 68.7 Å². The van der Waals surface area contributed by atoms with Crippen LogP contribution >= 0.6 is 0 Å². The predicted octanol–water partition coefficient (Wildman–Crippen LogP) is 2.51. The van der Waals surface area contributed by atoms with Gasteiger partial charge in [-0.25, -0.2) is 0 Å². The molecule has 0 saturated carbocycles. The van der Waals surface area contributed by atoms with Crippen molar-refractivity contribution in [1.82, 2.24) is 15.1 Å². The summed E-state index contributed by atoms with van der Waals surface area (Å²) in [6.07, 6.45) is 5.04. The molecule has 1 N–H and O–H groups in total. The van der Waals surface area contributed by atoms with Crippen molar-refractivity contribution in [3.8, 4) is 0 Å². The van der Waals surface area contributed by atoms with Crippen molar-refractivity contribution < 1.29 is 4.74 Å². The highest BCUT2D eigenvalue weighted by Gasteiger charge is 2.42. The highest BCUT2D eigenvalue weighted by molar-refractivity contribution is 5.80. The van der Waals surface area contributed by atoms with Gasteiger partial charge in [0, 0.05) is 38.7 Å². The molecule has 0 radical (unpaired) electrons. The Morgan fingerprint density at radius 2 is 2.00 bits per heavy atom. The average Bonchev–Trinajstić information content (AvgIpc) is 3.44. The van der Waals surface area contributed by atoms with Crippen LogP contribution in [0.5, 0.6) is 0 Å². The van der Waals surface area contributed by atoms with E-state index in [2.05, 4.69) is 50.4 Å². The number of hydrogen-bond donors (Lipinski definition) is 1. The van der Waals surface area contributed by atoms with Gasteiger partial charge < -0.3 is 15.0 Å². The van der Waals surface area contributed by atoms with Gasteiger partial charge in [-0.2, -0.15) is 0 Å². The summed E-state index contributed by atoms with van der Waals surface area (Å²) >= 11 is 0. The first kappa shape index (κ1) is 17.8. The van der Waals surface area contributed by atoms with Gasteiger partial charge in [0.15, 0.2) is 5.96 Å². The molecule has 5 nitrogen and oxygen atoms in total. The van der Waals surface area contributed by atoms with E-state index in [1.807, 2.05) is 7.05 Å². The Morgan fingerprint density at radius 3 is 2.69 bits per heavy atom. The van der Waals surface area contributed by atoms with Gasteiger partial charge in [0.25, 0.3) is 0 Å². The third kappa shape index (κ3) is 3.74. The van der Waals surface area contributed by atoms with Crippen LogP contribution in [0.3, 0.4) is 0 Å². The lowest BCUT2D eigenvalue weighted by Gasteiger charge is -2.31. The normalized spacial score (nSPS) is 28.2. The molecule has 2 unspecified atom stereocenters. The minimum atomic E-state index is 0.366. The van der Waals surface area contributed by atoms with Crippen molar-refractivity contribution in [2.24, 2.45) is 10.4 Å². The summed E-state index contributed by atoms with van der Waals surface area (Å²) in [5.74, 6) is 1.05. The molecule has 2 atom stereocenters. The van der Waals surface area contributed by atoms with Crippen molar-refractivity contribution >= 4 is 5.96 Å². The van der Waals surface area contributed by atoms with E-state index >= 15 is 0 Å². The monoisotopic (exact) mass is 356 g/mol. The van der Waals surface area contributed by atoms with E-state index in [1.54, 1.807) is 0 Å². The molecule has 26 heavy (non-hydrogen) atoms. The number of hydrogen-bond acceptors (Lipinski definition) is 3. The topological polar surface area (TPSA) is 40.1 Å². The van der Waals surface area contributed by atoms with Gasteiger partial charge >= 0.3 is 0 Å². The summed E-state index contributed by atoms with van der Waals surface area (Å²) in [5, 5.41) is 3.69. The van der Waals surface area contributed by atoms with Crippen molar-refractivity contribution in [3.05, 3.63) is 35.9 Å². The first-order valence-corrected chi connectivity index (χ1v) is 10.1. The molecule has 3 aliphatic heterocycles. The van der Waals surface area contributed by atoms with Crippen LogP contribution < -0.4 is 5.32 Å². The Bertz CT molecular complexity index is 606. The largest absolute Gasteiger partial charge is 0.381 e. The Hall–Kier alpha value is -1.59. The quantitative estimate of drug-likeness (QED) is 0.665. The zero-order valence-electron chi connectivity index (χ0n) is 16.0. The highest BCUT2D eigenvalue weighted by atomic mass is 16.5. The maximum atomic E-state index is 5.67. The van der Waals surface area contributed by atoms with E-state index < -0.39 is 0 Å². The molecule has 1 aromatic carbocycles. The van der Waals surface area contributed by atoms with Gasteiger partial charge in [0.1, 0.15) is 0 Å². The number of nitrogens with zero attached hydrogens (tertiary/aromatic N) is 3. The summed E-state index contributed by atoms with van der Waals surface area (Å²) in [5.41, 5.74) is 1.77. The van der Waals surface area contributed by atoms with Gasteiger partial charge in [0.2, 0.25) is 0 Å². The first-order valence-electron chi connectivity index (χ1n) is 10.1. The molecular weight excluding hydrogens is 324 g/mol. The number of rotatable bonds is 4. The van der Waals surface area contributed by atoms with Crippen molar-refractivity contribution in [2.75, 3.05) is 53.0 Å². The Balaban J connectivity index is 1.41. The Kier molecular flexibility index (Phi) is 5.46. The maximum Gasteiger partial charge on any atom is 0.193 e. The Morgan fingerprint density at radius 1 is 1.19 bits per heavy atom. The molecule has 0 bridgehead atoms. The zero-order chi connectivity index (χ0) is 17.8.